The molecule has 4 rings (SSSR count). The maximum absolute atomic E-state index is 12.2. The fourth-order valence-corrected chi connectivity index (χ4v) is 5.81. The van der Waals surface area contributed by atoms with E-state index < -0.39 is 18.1 Å². The Hall–Kier alpha value is -2.57. The van der Waals surface area contributed by atoms with Crippen molar-refractivity contribution in [1.29, 1.82) is 0 Å². The van der Waals surface area contributed by atoms with Crippen molar-refractivity contribution in [3.05, 3.63) is 59.7 Å². The molecule has 2 N–H and O–H groups in total. The molecule has 0 bridgehead atoms. The Morgan fingerprint density at radius 3 is 2.47 bits per heavy atom. The van der Waals surface area contributed by atoms with Crippen LogP contribution in [-0.2, 0) is 10.2 Å². The van der Waals surface area contributed by atoms with Crippen LogP contribution in [0.1, 0.15) is 56.6 Å². The largest absolute Gasteiger partial charge is 0.493 e. The minimum atomic E-state index is -0.625. The van der Waals surface area contributed by atoms with Crippen molar-refractivity contribution in [1.82, 2.24) is 4.90 Å². The lowest BCUT2D eigenvalue weighted by molar-refractivity contribution is -0.133. The van der Waals surface area contributed by atoms with Crippen molar-refractivity contribution in [3.8, 4) is 11.5 Å². The lowest BCUT2D eigenvalue weighted by Crippen LogP contribution is -2.38. The molecule has 0 spiro atoms. The van der Waals surface area contributed by atoms with Crippen LogP contribution in [0, 0.1) is 5.41 Å². The molecule has 1 amide bonds. The van der Waals surface area contributed by atoms with Gasteiger partial charge in [0.2, 0.25) is 5.91 Å². The van der Waals surface area contributed by atoms with Gasteiger partial charge in [-0.1, -0.05) is 56.2 Å². The number of ether oxygens (including phenoxy) is 2. The van der Waals surface area contributed by atoms with Crippen LogP contribution in [0.25, 0.3) is 0 Å². The van der Waals surface area contributed by atoms with Gasteiger partial charge in [-0.25, -0.2) is 0 Å². The number of methoxy groups -OCH3 is 1. The number of carbonyl (C=O) groups is 1. The van der Waals surface area contributed by atoms with Crippen LogP contribution in [0.15, 0.2) is 48.5 Å². The van der Waals surface area contributed by atoms with Gasteiger partial charge in [0.25, 0.3) is 0 Å². The number of amides is 1. The molecular weight excluding hydrogens is 430 g/mol. The smallest absolute Gasteiger partial charge is 0.248 e. The van der Waals surface area contributed by atoms with E-state index in [2.05, 4.69) is 24.3 Å². The van der Waals surface area contributed by atoms with Gasteiger partial charge in [-0.05, 0) is 43.0 Å². The predicted molar refractivity (Wildman–Crippen MR) is 131 cm³/mol. The summed E-state index contributed by atoms with van der Waals surface area (Å²) in [4.78, 5) is 13.9. The second-order valence-electron chi connectivity index (χ2n) is 10.2. The third-order valence-electron chi connectivity index (χ3n) is 8.21. The molecule has 2 aliphatic rings. The van der Waals surface area contributed by atoms with E-state index in [0.717, 1.165) is 18.4 Å². The van der Waals surface area contributed by atoms with E-state index in [-0.39, 0.29) is 17.2 Å². The average molecular weight is 468 g/mol. The lowest BCUT2D eigenvalue weighted by atomic mass is 9.72. The first-order valence-electron chi connectivity index (χ1n) is 12.3. The number of carbonyl (C=O) groups excluding carboxylic acids is 1. The first-order valence-corrected chi connectivity index (χ1v) is 12.3. The van der Waals surface area contributed by atoms with Crippen molar-refractivity contribution in [2.45, 2.75) is 57.0 Å². The highest BCUT2D eigenvalue weighted by Gasteiger charge is 2.48. The molecule has 1 aliphatic carbocycles. The Balaban J connectivity index is 1.62. The first-order chi connectivity index (χ1) is 16.3. The van der Waals surface area contributed by atoms with E-state index in [0.29, 0.717) is 31.2 Å². The van der Waals surface area contributed by atoms with Gasteiger partial charge in [-0.3, -0.25) is 4.79 Å². The molecule has 1 saturated carbocycles. The molecule has 2 aromatic carbocycles. The van der Waals surface area contributed by atoms with Crippen LogP contribution >= 0.6 is 0 Å². The zero-order valence-electron chi connectivity index (χ0n) is 20.5. The SMILES string of the molecule is COc1ccc([C@@H]2CN(C(=O)CO)C[C@@]2(C)[C@@H](C)O)cc1OCC1(c2ccccc2)CCCC1. The summed E-state index contributed by atoms with van der Waals surface area (Å²) in [6.07, 6.45) is 3.96. The van der Waals surface area contributed by atoms with Gasteiger partial charge in [0.05, 0.1) is 19.8 Å². The summed E-state index contributed by atoms with van der Waals surface area (Å²) in [5.41, 5.74) is 1.77. The summed E-state index contributed by atoms with van der Waals surface area (Å²) >= 11 is 0. The molecule has 2 aromatic rings. The van der Waals surface area contributed by atoms with Gasteiger partial charge >= 0.3 is 0 Å². The zero-order valence-corrected chi connectivity index (χ0v) is 20.5. The van der Waals surface area contributed by atoms with Crippen LogP contribution in [0.4, 0.5) is 0 Å². The summed E-state index contributed by atoms with van der Waals surface area (Å²) < 4.78 is 12.1. The fourth-order valence-electron chi connectivity index (χ4n) is 5.81. The van der Waals surface area contributed by atoms with Crippen molar-refractivity contribution in [2.24, 2.45) is 5.41 Å². The van der Waals surface area contributed by atoms with E-state index in [1.807, 2.05) is 31.2 Å². The molecule has 1 saturated heterocycles. The monoisotopic (exact) mass is 467 g/mol. The second-order valence-corrected chi connectivity index (χ2v) is 10.2. The lowest BCUT2D eigenvalue weighted by Gasteiger charge is -2.34. The van der Waals surface area contributed by atoms with E-state index in [9.17, 15) is 15.0 Å². The molecule has 6 nitrogen and oxygen atoms in total. The molecule has 1 heterocycles. The van der Waals surface area contributed by atoms with Crippen LogP contribution in [0.3, 0.4) is 0 Å². The van der Waals surface area contributed by atoms with E-state index in [1.54, 1.807) is 18.9 Å². The predicted octanol–water partition coefficient (Wildman–Crippen LogP) is 3.89. The molecule has 2 fully saturated rings. The quantitative estimate of drug-likeness (QED) is 0.616. The summed E-state index contributed by atoms with van der Waals surface area (Å²) in [6, 6.07) is 16.5. The number of aliphatic hydroxyl groups excluding tert-OH is 2. The molecule has 0 unspecified atom stereocenters. The summed E-state index contributed by atoms with van der Waals surface area (Å²) in [5, 5.41) is 20.0. The number of rotatable bonds is 8. The van der Waals surface area contributed by atoms with E-state index in [1.165, 1.54) is 18.4 Å². The van der Waals surface area contributed by atoms with Crippen LogP contribution in [0.2, 0.25) is 0 Å². The van der Waals surface area contributed by atoms with Gasteiger partial charge in [0.15, 0.2) is 11.5 Å². The molecule has 0 radical (unpaired) electrons. The Morgan fingerprint density at radius 2 is 1.85 bits per heavy atom. The second kappa shape index (κ2) is 9.96. The van der Waals surface area contributed by atoms with Gasteiger partial charge in [-0.15, -0.1) is 0 Å². The van der Waals surface area contributed by atoms with Crippen LogP contribution < -0.4 is 9.47 Å². The van der Waals surface area contributed by atoms with Crippen molar-refractivity contribution < 1.29 is 24.5 Å². The van der Waals surface area contributed by atoms with Crippen molar-refractivity contribution >= 4 is 5.91 Å². The maximum atomic E-state index is 12.2. The molecule has 0 aromatic heterocycles. The molecule has 1 aliphatic heterocycles. The number of hydrogen-bond donors (Lipinski definition) is 2. The van der Waals surface area contributed by atoms with Gasteiger partial charge in [0.1, 0.15) is 6.61 Å². The number of aliphatic hydroxyl groups is 2. The Labute approximate surface area is 202 Å². The summed E-state index contributed by atoms with van der Waals surface area (Å²) in [7, 11) is 1.64. The van der Waals surface area contributed by atoms with Crippen molar-refractivity contribution in [2.75, 3.05) is 33.4 Å². The fraction of sp³-hybridized carbons (Fsp3) is 0.536. The maximum Gasteiger partial charge on any atom is 0.248 e. The summed E-state index contributed by atoms with van der Waals surface area (Å²) in [6.45, 7) is 4.66. The highest BCUT2D eigenvalue weighted by Crippen LogP contribution is 2.47. The number of likely N-dealkylation sites (tertiary alicyclic amines) is 1. The minimum absolute atomic E-state index is 0.00585. The standard InChI is InChI=1S/C28H37NO5/c1-20(31)27(2)18-29(26(32)17-30)16-23(27)21-11-12-24(33-3)25(15-21)34-19-28(13-7-8-14-28)22-9-5-4-6-10-22/h4-6,9-12,15,20,23,30-31H,7-8,13-14,16-19H2,1-3H3/t20-,23+,27+/m1/s1. The Bertz CT molecular complexity index is 986. The third kappa shape index (κ3) is 4.53. The number of nitrogens with zero attached hydrogens (tertiary/aromatic N) is 1. The topological polar surface area (TPSA) is 79.2 Å². The van der Waals surface area contributed by atoms with Crippen LogP contribution in [0.5, 0.6) is 11.5 Å². The molecular formula is C28H37NO5. The Kier molecular flexibility index (Phi) is 7.20. The average Bonchev–Trinajstić information content (AvgIpc) is 3.49. The minimum Gasteiger partial charge on any atom is -0.493 e. The molecule has 3 atom stereocenters. The first kappa shape index (κ1) is 24.6. The highest BCUT2D eigenvalue weighted by molar-refractivity contribution is 5.77. The van der Waals surface area contributed by atoms with Crippen molar-refractivity contribution in [3.63, 3.8) is 0 Å². The third-order valence-corrected chi connectivity index (χ3v) is 8.21. The van der Waals surface area contributed by atoms with E-state index >= 15 is 0 Å². The van der Waals surface area contributed by atoms with Crippen LogP contribution in [-0.4, -0.2) is 60.5 Å². The number of hydrogen-bond acceptors (Lipinski definition) is 5. The van der Waals surface area contributed by atoms with Gasteiger partial charge in [0, 0.05) is 29.8 Å². The van der Waals surface area contributed by atoms with E-state index in [4.69, 9.17) is 9.47 Å². The molecule has 6 heteroatoms. The van der Waals surface area contributed by atoms with Gasteiger partial charge in [-0.2, -0.15) is 0 Å². The molecule has 184 valence electrons. The zero-order chi connectivity index (χ0) is 24.3. The Morgan fingerprint density at radius 1 is 1.15 bits per heavy atom. The molecule has 34 heavy (non-hydrogen) atoms. The van der Waals surface area contributed by atoms with Gasteiger partial charge < -0.3 is 24.6 Å². The number of benzene rings is 2. The normalized spacial score (nSPS) is 24.7. The summed E-state index contributed by atoms with van der Waals surface area (Å²) in [5.74, 6) is 0.947. The highest BCUT2D eigenvalue weighted by atomic mass is 16.5.